The van der Waals surface area contributed by atoms with Gasteiger partial charge >= 0.3 is 0 Å². The van der Waals surface area contributed by atoms with Crippen molar-refractivity contribution in [3.05, 3.63) is 16.6 Å². The number of hydrogen-bond acceptors (Lipinski definition) is 6. The highest BCUT2D eigenvalue weighted by molar-refractivity contribution is 7.11. The van der Waals surface area contributed by atoms with Crippen molar-refractivity contribution >= 4 is 29.4 Å². The second kappa shape index (κ2) is 9.17. The van der Waals surface area contributed by atoms with Crippen LogP contribution >= 0.6 is 11.3 Å². The van der Waals surface area contributed by atoms with Gasteiger partial charge in [-0.25, -0.2) is 15.9 Å². The molecule has 0 aliphatic rings. The molecule has 3 N–H and O–H groups in total. The van der Waals surface area contributed by atoms with Gasteiger partial charge in [-0.05, 0) is 12.8 Å². The van der Waals surface area contributed by atoms with E-state index in [1.165, 1.54) is 17.6 Å². The quantitative estimate of drug-likeness (QED) is 0.287. The lowest BCUT2D eigenvalue weighted by atomic mass is 10.1. The lowest BCUT2D eigenvalue weighted by Crippen LogP contribution is -2.18. The van der Waals surface area contributed by atoms with Crippen LogP contribution in [0.25, 0.3) is 0 Å². The smallest absolute Gasteiger partial charge is 0.243 e. The summed E-state index contributed by atoms with van der Waals surface area (Å²) in [6.45, 7) is 0. The lowest BCUT2D eigenvalue weighted by Gasteiger charge is -2.00. The highest BCUT2D eigenvalue weighted by Gasteiger charge is 2.01. The Balaban J connectivity index is 2.03. The van der Waals surface area contributed by atoms with Gasteiger partial charge in [0.2, 0.25) is 11.8 Å². The van der Waals surface area contributed by atoms with E-state index in [0.717, 1.165) is 11.4 Å². The van der Waals surface area contributed by atoms with E-state index in [4.69, 9.17) is 5.21 Å². The van der Waals surface area contributed by atoms with Crippen LogP contribution in [0, 0.1) is 0 Å². The maximum Gasteiger partial charge on any atom is 0.243 e. The zero-order valence-electron chi connectivity index (χ0n) is 10.3. The molecule has 0 fully saturated rings. The van der Waals surface area contributed by atoms with Gasteiger partial charge in [-0.15, -0.1) is 11.3 Å². The van der Waals surface area contributed by atoms with Gasteiger partial charge in [0.05, 0.1) is 6.21 Å². The largest absolute Gasteiger partial charge is 0.289 e. The Morgan fingerprint density at radius 1 is 1.32 bits per heavy atom. The van der Waals surface area contributed by atoms with Crippen LogP contribution in [-0.4, -0.2) is 28.2 Å². The molecule has 7 nitrogen and oxygen atoms in total. The number of nitrogens with one attached hydrogen (secondary N) is 2. The lowest BCUT2D eigenvalue weighted by molar-refractivity contribution is -0.129. The van der Waals surface area contributed by atoms with E-state index in [0.29, 0.717) is 19.3 Å². The zero-order chi connectivity index (χ0) is 13.9. The SMILES string of the molecule is O=C(CCCCCC(=O)N/N=C/c1nccs1)NO. The first-order valence-electron chi connectivity index (χ1n) is 5.86. The molecular weight excluding hydrogens is 268 g/mol. The third kappa shape index (κ3) is 7.27. The van der Waals surface area contributed by atoms with E-state index in [1.807, 2.05) is 5.38 Å². The minimum Gasteiger partial charge on any atom is -0.289 e. The highest BCUT2D eigenvalue weighted by atomic mass is 32.1. The van der Waals surface area contributed by atoms with Crippen LogP contribution in [0.4, 0.5) is 0 Å². The molecule has 0 aromatic carbocycles. The predicted octanol–water partition coefficient (Wildman–Crippen LogP) is 1.05. The summed E-state index contributed by atoms with van der Waals surface area (Å²) < 4.78 is 0. The Labute approximate surface area is 114 Å². The van der Waals surface area contributed by atoms with E-state index < -0.39 is 5.91 Å². The van der Waals surface area contributed by atoms with Crippen LogP contribution in [0.5, 0.6) is 0 Å². The van der Waals surface area contributed by atoms with Crippen molar-refractivity contribution in [3.8, 4) is 0 Å². The maximum atomic E-state index is 11.4. The van der Waals surface area contributed by atoms with Gasteiger partial charge in [-0.1, -0.05) is 6.42 Å². The number of unbranched alkanes of at least 4 members (excludes halogenated alkanes) is 2. The van der Waals surface area contributed by atoms with Gasteiger partial charge in [0, 0.05) is 24.4 Å². The van der Waals surface area contributed by atoms with Crippen molar-refractivity contribution in [1.29, 1.82) is 0 Å². The topological polar surface area (TPSA) is 104 Å². The van der Waals surface area contributed by atoms with Crippen LogP contribution in [-0.2, 0) is 9.59 Å². The summed E-state index contributed by atoms with van der Waals surface area (Å²) in [5.74, 6) is -0.572. The Hall–Kier alpha value is -1.80. The Morgan fingerprint density at radius 2 is 2.05 bits per heavy atom. The molecule has 0 radical (unpaired) electrons. The molecule has 0 bridgehead atoms. The maximum absolute atomic E-state index is 11.4. The molecule has 0 aliphatic carbocycles. The zero-order valence-corrected chi connectivity index (χ0v) is 11.2. The summed E-state index contributed by atoms with van der Waals surface area (Å²) in [5, 5.41) is 14.6. The first-order valence-corrected chi connectivity index (χ1v) is 6.74. The number of amides is 2. The molecule has 19 heavy (non-hydrogen) atoms. The fourth-order valence-corrected chi connectivity index (χ4v) is 1.81. The van der Waals surface area contributed by atoms with Gasteiger partial charge in [-0.2, -0.15) is 5.10 Å². The number of aromatic nitrogens is 1. The van der Waals surface area contributed by atoms with E-state index in [9.17, 15) is 9.59 Å². The number of carbonyl (C=O) groups is 2. The van der Waals surface area contributed by atoms with Crippen molar-refractivity contribution in [2.45, 2.75) is 32.1 Å². The summed E-state index contributed by atoms with van der Waals surface area (Å²) in [6, 6.07) is 0. The molecule has 1 aromatic heterocycles. The number of rotatable bonds is 8. The molecule has 0 unspecified atom stereocenters. The van der Waals surface area contributed by atoms with Gasteiger partial charge < -0.3 is 0 Å². The molecule has 8 heteroatoms. The summed E-state index contributed by atoms with van der Waals surface area (Å²) in [7, 11) is 0. The van der Waals surface area contributed by atoms with Crippen LogP contribution in [0.1, 0.15) is 37.1 Å². The van der Waals surface area contributed by atoms with Crippen molar-refractivity contribution in [2.75, 3.05) is 0 Å². The van der Waals surface area contributed by atoms with Gasteiger partial charge in [0.25, 0.3) is 0 Å². The normalized spacial score (nSPS) is 10.6. The standard InChI is InChI=1S/C11H16N4O3S/c16-9(4-2-1-3-5-10(17)15-18)14-13-8-11-12-6-7-19-11/h6-8,18H,1-5H2,(H,14,16)(H,15,17)/b13-8+. The molecule has 0 atom stereocenters. The van der Waals surface area contributed by atoms with Crippen molar-refractivity contribution in [3.63, 3.8) is 0 Å². The van der Waals surface area contributed by atoms with E-state index in [-0.39, 0.29) is 12.3 Å². The second-order valence-corrected chi connectivity index (χ2v) is 4.69. The van der Waals surface area contributed by atoms with Crippen LogP contribution < -0.4 is 10.9 Å². The fourth-order valence-electron chi connectivity index (χ4n) is 1.32. The monoisotopic (exact) mass is 284 g/mol. The third-order valence-corrected chi connectivity index (χ3v) is 2.96. The minimum atomic E-state index is -0.405. The number of nitrogens with zero attached hydrogens (tertiary/aromatic N) is 2. The van der Waals surface area contributed by atoms with Crippen molar-refractivity contribution in [2.24, 2.45) is 5.10 Å². The highest BCUT2D eigenvalue weighted by Crippen LogP contribution is 2.03. The third-order valence-electron chi connectivity index (χ3n) is 2.25. The second-order valence-electron chi connectivity index (χ2n) is 3.76. The first kappa shape index (κ1) is 15.3. The summed E-state index contributed by atoms with van der Waals surface area (Å²) in [6.07, 6.45) is 5.84. The first-order chi connectivity index (χ1) is 9.22. The number of hydrazone groups is 1. The Morgan fingerprint density at radius 3 is 2.68 bits per heavy atom. The van der Waals surface area contributed by atoms with Crippen LogP contribution in [0.15, 0.2) is 16.7 Å². The van der Waals surface area contributed by atoms with Crippen molar-refractivity contribution in [1.82, 2.24) is 15.9 Å². The molecule has 1 rings (SSSR count). The molecule has 0 saturated carbocycles. The molecule has 1 heterocycles. The number of hydrogen-bond donors (Lipinski definition) is 3. The molecule has 0 aliphatic heterocycles. The number of hydroxylamine groups is 1. The summed E-state index contributed by atoms with van der Waals surface area (Å²) >= 11 is 1.43. The van der Waals surface area contributed by atoms with E-state index in [1.54, 1.807) is 11.7 Å². The van der Waals surface area contributed by atoms with E-state index >= 15 is 0 Å². The predicted molar refractivity (Wildman–Crippen MR) is 70.9 cm³/mol. The molecule has 2 amide bonds. The van der Waals surface area contributed by atoms with Gasteiger partial charge in [-0.3, -0.25) is 14.8 Å². The molecule has 0 saturated heterocycles. The van der Waals surface area contributed by atoms with Crippen LogP contribution in [0.3, 0.4) is 0 Å². The Kier molecular flexibility index (Phi) is 7.37. The number of carbonyl (C=O) groups excluding carboxylic acids is 2. The van der Waals surface area contributed by atoms with Gasteiger partial charge in [0.1, 0.15) is 5.01 Å². The fraction of sp³-hybridized carbons (Fsp3) is 0.455. The summed E-state index contributed by atoms with van der Waals surface area (Å²) in [4.78, 5) is 26.0. The molecular formula is C11H16N4O3S. The average Bonchev–Trinajstić information content (AvgIpc) is 2.91. The summed E-state index contributed by atoms with van der Waals surface area (Å²) in [5.41, 5.74) is 3.97. The molecule has 1 aromatic rings. The molecule has 104 valence electrons. The molecule has 0 spiro atoms. The number of thiazole rings is 1. The average molecular weight is 284 g/mol. The van der Waals surface area contributed by atoms with E-state index in [2.05, 4.69) is 15.5 Å². The van der Waals surface area contributed by atoms with Crippen molar-refractivity contribution < 1.29 is 14.8 Å². The Bertz CT molecular complexity index is 420. The van der Waals surface area contributed by atoms with Crippen LogP contribution in [0.2, 0.25) is 0 Å². The minimum absolute atomic E-state index is 0.167. The van der Waals surface area contributed by atoms with Gasteiger partial charge in [0.15, 0.2) is 0 Å².